The zero-order valence-electron chi connectivity index (χ0n) is 13.3. The monoisotopic (exact) mass is 337 g/mol. The first kappa shape index (κ1) is 17.7. The van der Waals surface area contributed by atoms with Crippen LogP contribution >= 0.6 is 11.8 Å². The number of alkyl carbamates (subject to hydrolysis) is 1. The van der Waals surface area contributed by atoms with Gasteiger partial charge in [-0.25, -0.2) is 4.79 Å². The van der Waals surface area contributed by atoms with Gasteiger partial charge in [-0.15, -0.1) is 0 Å². The van der Waals surface area contributed by atoms with Crippen molar-refractivity contribution in [2.75, 3.05) is 11.5 Å². The van der Waals surface area contributed by atoms with Gasteiger partial charge in [-0.2, -0.15) is 11.8 Å². The summed E-state index contributed by atoms with van der Waals surface area (Å²) >= 11 is 1.81. The molecule has 0 bridgehead atoms. The summed E-state index contributed by atoms with van der Waals surface area (Å²) < 4.78 is 5.25. The highest BCUT2D eigenvalue weighted by molar-refractivity contribution is 7.99. The zero-order valence-corrected chi connectivity index (χ0v) is 14.1. The van der Waals surface area contributed by atoms with Gasteiger partial charge >= 0.3 is 12.1 Å². The highest BCUT2D eigenvalue weighted by Crippen LogP contribution is 2.33. The molecule has 1 saturated heterocycles. The smallest absolute Gasteiger partial charge is 0.407 e. The van der Waals surface area contributed by atoms with E-state index in [1.807, 2.05) is 42.1 Å². The van der Waals surface area contributed by atoms with Gasteiger partial charge in [-0.05, 0) is 42.8 Å². The summed E-state index contributed by atoms with van der Waals surface area (Å²) in [7, 11) is 0. The molecule has 0 spiro atoms. The standard InChI is InChI=1S/C17H23NO4S/c1-17(10-15(19)20,14-8-5-9-23-12-14)18-16(21)22-11-13-6-3-2-4-7-13/h2-4,6-7,14H,5,8-12H2,1H3,(H,18,21)(H,19,20). The number of benzene rings is 1. The predicted molar refractivity (Wildman–Crippen MR) is 90.5 cm³/mol. The number of carboxylic acids is 1. The van der Waals surface area contributed by atoms with Crippen LogP contribution in [-0.2, 0) is 16.1 Å². The van der Waals surface area contributed by atoms with Crippen molar-refractivity contribution in [3.63, 3.8) is 0 Å². The van der Waals surface area contributed by atoms with Crippen LogP contribution in [0, 0.1) is 5.92 Å². The van der Waals surface area contributed by atoms with Gasteiger partial charge in [0.2, 0.25) is 0 Å². The fourth-order valence-electron chi connectivity index (χ4n) is 2.84. The van der Waals surface area contributed by atoms with Crippen LogP contribution in [-0.4, -0.2) is 34.2 Å². The maximum Gasteiger partial charge on any atom is 0.407 e. The third kappa shape index (κ3) is 5.46. The van der Waals surface area contributed by atoms with Gasteiger partial charge in [-0.1, -0.05) is 30.3 Å². The molecule has 6 heteroatoms. The molecule has 2 rings (SSSR count). The highest BCUT2D eigenvalue weighted by atomic mass is 32.2. The van der Waals surface area contributed by atoms with Crippen molar-refractivity contribution in [2.45, 2.75) is 38.3 Å². The lowest BCUT2D eigenvalue weighted by molar-refractivity contribution is -0.139. The van der Waals surface area contributed by atoms with Gasteiger partial charge in [0.15, 0.2) is 0 Å². The third-order valence-electron chi connectivity index (χ3n) is 4.18. The van der Waals surface area contributed by atoms with Gasteiger partial charge in [0.05, 0.1) is 12.0 Å². The summed E-state index contributed by atoms with van der Waals surface area (Å²) in [5.41, 5.74) is 0.114. The second-order valence-corrected chi connectivity index (χ2v) is 7.24. The number of nitrogens with one attached hydrogen (secondary N) is 1. The Morgan fingerprint density at radius 3 is 2.74 bits per heavy atom. The summed E-state index contributed by atoms with van der Waals surface area (Å²) in [6.45, 7) is 1.98. The first-order chi connectivity index (χ1) is 11.0. The molecular weight excluding hydrogens is 314 g/mol. The molecule has 0 aliphatic carbocycles. The summed E-state index contributed by atoms with van der Waals surface area (Å²) in [6, 6.07) is 9.41. The number of hydrogen-bond donors (Lipinski definition) is 2. The Bertz CT molecular complexity index is 531. The molecule has 2 N–H and O–H groups in total. The fraction of sp³-hybridized carbons (Fsp3) is 0.529. The van der Waals surface area contributed by atoms with E-state index in [-0.39, 0.29) is 18.9 Å². The SMILES string of the molecule is CC(CC(=O)O)(NC(=O)OCc1ccccc1)C1CCCSC1. The number of ether oxygens (including phenoxy) is 1. The van der Waals surface area contributed by atoms with Crippen molar-refractivity contribution in [1.29, 1.82) is 0 Å². The molecule has 2 atom stereocenters. The molecule has 1 heterocycles. The Morgan fingerprint density at radius 1 is 1.39 bits per heavy atom. The lowest BCUT2D eigenvalue weighted by Gasteiger charge is -2.39. The second-order valence-electron chi connectivity index (χ2n) is 6.09. The van der Waals surface area contributed by atoms with Gasteiger partial charge in [-0.3, -0.25) is 4.79 Å². The van der Waals surface area contributed by atoms with Crippen LogP contribution in [0.5, 0.6) is 0 Å². The lowest BCUT2D eigenvalue weighted by atomic mass is 9.81. The van der Waals surface area contributed by atoms with Crippen LogP contribution in [0.3, 0.4) is 0 Å². The number of aliphatic carboxylic acids is 1. The van der Waals surface area contributed by atoms with Gasteiger partial charge in [0.1, 0.15) is 6.61 Å². The molecule has 1 aromatic rings. The topological polar surface area (TPSA) is 75.6 Å². The first-order valence-corrected chi connectivity index (χ1v) is 8.93. The van der Waals surface area contributed by atoms with E-state index in [4.69, 9.17) is 4.74 Å². The van der Waals surface area contributed by atoms with Crippen LogP contribution in [0.25, 0.3) is 0 Å². The van der Waals surface area contributed by atoms with E-state index >= 15 is 0 Å². The number of rotatable bonds is 6. The maximum atomic E-state index is 12.1. The van der Waals surface area contributed by atoms with Crippen molar-refractivity contribution in [3.8, 4) is 0 Å². The Kier molecular flexibility index (Phi) is 6.33. The second kappa shape index (κ2) is 8.24. The van der Waals surface area contributed by atoms with E-state index in [1.165, 1.54) is 0 Å². The molecule has 1 aliphatic heterocycles. The molecule has 1 aliphatic rings. The van der Waals surface area contributed by atoms with E-state index in [0.29, 0.717) is 0 Å². The number of carboxylic acid groups (broad SMARTS) is 1. The van der Waals surface area contributed by atoms with Crippen LogP contribution in [0.4, 0.5) is 4.79 Å². The van der Waals surface area contributed by atoms with Crippen molar-refractivity contribution >= 4 is 23.8 Å². The fourth-order valence-corrected chi connectivity index (χ4v) is 4.20. The van der Waals surface area contributed by atoms with E-state index < -0.39 is 17.6 Å². The number of carbonyl (C=O) groups excluding carboxylic acids is 1. The van der Waals surface area contributed by atoms with Crippen molar-refractivity contribution in [2.24, 2.45) is 5.92 Å². The van der Waals surface area contributed by atoms with E-state index in [9.17, 15) is 14.7 Å². The normalized spacial score (nSPS) is 20.3. The van der Waals surface area contributed by atoms with E-state index in [0.717, 1.165) is 29.9 Å². The minimum Gasteiger partial charge on any atom is -0.481 e. The molecule has 1 fully saturated rings. The number of amides is 1. The van der Waals surface area contributed by atoms with Crippen molar-refractivity contribution < 1.29 is 19.4 Å². The van der Waals surface area contributed by atoms with Crippen LogP contribution < -0.4 is 5.32 Å². The number of thioether (sulfide) groups is 1. The van der Waals surface area contributed by atoms with Crippen molar-refractivity contribution in [1.82, 2.24) is 5.32 Å². The molecule has 23 heavy (non-hydrogen) atoms. The zero-order chi connectivity index (χ0) is 16.7. The maximum absolute atomic E-state index is 12.1. The Morgan fingerprint density at radius 2 is 2.13 bits per heavy atom. The van der Waals surface area contributed by atoms with E-state index in [2.05, 4.69) is 5.32 Å². The van der Waals surface area contributed by atoms with Crippen LogP contribution in [0.2, 0.25) is 0 Å². The molecular formula is C17H23NO4S. The number of carbonyl (C=O) groups is 2. The summed E-state index contributed by atoms with van der Waals surface area (Å²) in [4.78, 5) is 23.3. The Balaban J connectivity index is 1.95. The van der Waals surface area contributed by atoms with Gasteiger partial charge < -0.3 is 15.2 Å². The van der Waals surface area contributed by atoms with Gasteiger partial charge in [0, 0.05) is 0 Å². The summed E-state index contributed by atoms with van der Waals surface area (Å²) in [5, 5.41) is 12.0. The van der Waals surface area contributed by atoms with Gasteiger partial charge in [0.25, 0.3) is 0 Å². The molecule has 2 unspecified atom stereocenters. The minimum absolute atomic E-state index is 0.0985. The predicted octanol–water partition coefficient (Wildman–Crippen LogP) is 3.29. The summed E-state index contributed by atoms with van der Waals surface area (Å²) in [6.07, 6.45) is 1.31. The lowest BCUT2D eigenvalue weighted by Crippen LogP contribution is -2.54. The Hall–Kier alpha value is -1.69. The average Bonchev–Trinajstić information content (AvgIpc) is 2.54. The first-order valence-electron chi connectivity index (χ1n) is 7.78. The molecule has 0 saturated carbocycles. The van der Waals surface area contributed by atoms with Crippen molar-refractivity contribution in [3.05, 3.63) is 35.9 Å². The Labute approximate surface area is 140 Å². The third-order valence-corrected chi connectivity index (χ3v) is 5.40. The molecule has 5 nitrogen and oxygen atoms in total. The minimum atomic E-state index is -0.911. The van der Waals surface area contributed by atoms with Crippen LogP contribution in [0.15, 0.2) is 30.3 Å². The molecule has 126 valence electrons. The highest BCUT2D eigenvalue weighted by Gasteiger charge is 2.39. The average molecular weight is 337 g/mol. The molecule has 1 aromatic carbocycles. The largest absolute Gasteiger partial charge is 0.481 e. The molecule has 0 aromatic heterocycles. The van der Waals surface area contributed by atoms with E-state index in [1.54, 1.807) is 6.92 Å². The molecule has 0 radical (unpaired) electrons. The van der Waals surface area contributed by atoms with Crippen LogP contribution in [0.1, 0.15) is 31.7 Å². The number of hydrogen-bond acceptors (Lipinski definition) is 4. The quantitative estimate of drug-likeness (QED) is 0.833. The molecule has 1 amide bonds. The summed E-state index contributed by atoms with van der Waals surface area (Å²) in [5.74, 6) is 1.19.